The van der Waals surface area contributed by atoms with Gasteiger partial charge in [-0.25, -0.2) is 0 Å². The van der Waals surface area contributed by atoms with Crippen LogP contribution in [0.5, 0.6) is 5.75 Å². The first kappa shape index (κ1) is 18.2. The lowest BCUT2D eigenvalue weighted by Gasteiger charge is -2.47. The van der Waals surface area contributed by atoms with Crippen molar-refractivity contribution in [3.63, 3.8) is 0 Å². The molecule has 1 spiro atoms. The summed E-state index contributed by atoms with van der Waals surface area (Å²) >= 11 is 1.83. The lowest BCUT2D eigenvalue weighted by Crippen LogP contribution is -2.50. The van der Waals surface area contributed by atoms with Gasteiger partial charge in [0.2, 0.25) is 5.91 Å². The van der Waals surface area contributed by atoms with Crippen molar-refractivity contribution in [3.8, 4) is 5.75 Å². The molecule has 1 atom stereocenters. The van der Waals surface area contributed by atoms with Crippen LogP contribution >= 0.6 is 11.3 Å². The summed E-state index contributed by atoms with van der Waals surface area (Å²) in [6.45, 7) is 3.15. The third-order valence-electron chi connectivity index (χ3n) is 6.40. The number of hydrogen-bond acceptors (Lipinski definition) is 4. The molecule has 1 aliphatic carbocycles. The van der Waals surface area contributed by atoms with Crippen molar-refractivity contribution >= 4 is 17.2 Å². The summed E-state index contributed by atoms with van der Waals surface area (Å²) in [6.07, 6.45) is 5.88. The van der Waals surface area contributed by atoms with Gasteiger partial charge in [-0.3, -0.25) is 9.69 Å². The Balaban J connectivity index is 1.28. The van der Waals surface area contributed by atoms with Crippen molar-refractivity contribution in [3.05, 3.63) is 52.2 Å². The molecule has 5 rings (SSSR count). The molecule has 1 saturated carbocycles. The van der Waals surface area contributed by atoms with Crippen LogP contribution in [0, 0.1) is 0 Å². The van der Waals surface area contributed by atoms with Crippen LogP contribution in [-0.2, 0) is 11.3 Å². The first-order valence-electron chi connectivity index (χ1n) is 10.5. The molecule has 1 aromatic heterocycles. The number of hydrogen-bond donors (Lipinski definition) is 1. The fraction of sp³-hybridized carbons (Fsp3) is 0.522. The van der Waals surface area contributed by atoms with Crippen LogP contribution < -0.4 is 10.1 Å². The Bertz CT molecular complexity index is 823. The smallest absolute Gasteiger partial charge is 0.220 e. The molecule has 5 heteroatoms. The maximum Gasteiger partial charge on any atom is 0.220 e. The molecule has 2 aromatic rings. The zero-order chi connectivity index (χ0) is 19.0. The van der Waals surface area contributed by atoms with Crippen LogP contribution in [0.1, 0.15) is 54.9 Å². The summed E-state index contributed by atoms with van der Waals surface area (Å²) in [5, 5.41) is 5.32. The maximum absolute atomic E-state index is 12.5. The van der Waals surface area contributed by atoms with Gasteiger partial charge in [0.25, 0.3) is 0 Å². The number of ether oxygens (including phenoxy) is 1. The Morgan fingerprint density at radius 2 is 2.00 bits per heavy atom. The van der Waals surface area contributed by atoms with Gasteiger partial charge in [0.05, 0.1) is 0 Å². The van der Waals surface area contributed by atoms with Gasteiger partial charge in [-0.05, 0) is 55.2 Å². The van der Waals surface area contributed by atoms with Crippen LogP contribution in [0.15, 0.2) is 41.8 Å². The first-order valence-corrected chi connectivity index (χ1v) is 11.4. The average Bonchev–Trinajstić information content (AvgIpc) is 3.35. The molecule has 148 valence electrons. The summed E-state index contributed by atoms with van der Waals surface area (Å²) in [6, 6.07) is 13.1. The summed E-state index contributed by atoms with van der Waals surface area (Å²) in [4.78, 5) is 16.5. The zero-order valence-corrected chi connectivity index (χ0v) is 17.0. The van der Waals surface area contributed by atoms with Crippen molar-refractivity contribution in [1.82, 2.24) is 10.2 Å². The Hall–Kier alpha value is -1.85. The Labute approximate surface area is 170 Å². The second-order valence-electron chi connectivity index (χ2n) is 8.63. The highest BCUT2D eigenvalue weighted by Gasteiger charge is 2.43. The summed E-state index contributed by atoms with van der Waals surface area (Å²) in [7, 11) is 0. The van der Waals surface area contributed by atoms with Gasteiger partial charge in [-0.15, -0.1) is 11.3 Å². The van der Waals surface area contributed by atoms with Gasteiger partial charge < -0.3 is 10.1 Å². The second kappa shape index (κ2) is 7.53. The average molecular weight is 397 g/mol. The van der Waals surface area contributed by atoms with Crippen molar-refractivity contribution in [2.24, 2.45) is 0 Å². The van der Waals surface area contributed by atoms with Crippen molar-refractivity contribution < 1.29 is 9.53 Å². The predicted octanol–water partition coefficient (Wildman–Crippen LogP) is 4.32. The summed E-state index contributed by atoms with van der Waals surface area (Å²) < 4.78 is 6.59. The SMILES string of the molecule is O=C(CC1CC2(CCN(Cc3cccs3)CC2)Oc2ccccc21)NC1CC1. The molecule has 28 heavy (non-hydrogen) atoms. The number of carbonyl (C=O) groups excluding carboxylic acids is 1. The van der Waals surface area contributed by atoms with Crippen LogP contribution in [-0.4, -0.2) is 35.5 Å². The number of piperidine rings is 1. The van der Waals surface area contributed by atoms with Gasteiger partial charge in [0.15, 0.2) is 0 Å². The van der Waals surface area contributed by atoms with E-state index in [4.69, 9.17) is 4.74 Å². The van der Waals surface area contributed by atoms with E-state index in [1.165, 1.54) is 10.4 Å². The minimum atomic E-state index is -0.120. The molecule has 0 bridgehead atoms. The molecular weight excluding hydrogens is 368 g/mol. The third-order valence-corrected chi connectivity index (χ3v) is 7.27. The summed E-state index contributed by atoms with van der Waals surface area (Å²) in [5.74, 6) is 1.45. The molecule has 1 N–H and O–H groups in total. The minimum absolute atomic E-state index is 0.120. The molecule has 0 radical (unpaired) electrons. The lowest BCUT2D eigenvalue weighted by atomic mass is 9.76. The second-order valence-corrected chi connectivity index (χ2v) is 9.66. The third kappa shape index (κ3) is 3.96. The highest BCUT2D eigenvalue weighted by Crippen LogP contribution is 2.46. The molecular formula is C23H28N2O2S. The van der Waals surface area contributed by atoms with Crippen molar-refractivity contribution in [2.75, 3.05) is 13.1 Å². The Morgan fingerprint density at radius 3 is 2.75 bits per heavy atom. The van der Waals surface area contributed by atoms with Gasteiger partial charge in [0, 0.05) is 42.9 Å². The number of nitrogens with zero attached hydrogens (tertiary/aromatic N) is 1. The number of rotatable bonds is 5. The van der Waals surface area contributed by atoms with Crippen LogP contribution in [0.4, 0.5) is 0 Å². The fourth-order valence-corrected chi connectivity index (χ4v) is 5.46. The van der Waals surface area contributed by atoms with Gasteiger partial charge >= 0.3 is 0 Å². The molecule has 2 fully saturated rings. The van der Waals surface area contributed by atoms with E-state index in [0.717, 1.165) is 57.5 Å². The molecule has 1 amide bonds. The quantitative estimate of drug-likeness (QED) is 0.818. The van der Waals surface area contributed by atoms with E-state index >= 15 is 0 Å². The van der Waals surface area contributed by atoms with Crippen LogP contribution in [0.2, 0.25) is 0 Å². The number of nitrogens with one attached hydrogen (secondary N) is 1. The fourth-order valence-electron chi connectivity index (χ4n) is 4.71. The van der Waals surface area contributed by atoms with E-state index in [2.05, 4.69) is 45.9 Å². The summed E-state index contributed by atoms with van der Waals surface area (Å²) in [5.41, 5.74) is 1.09. The van der Waals surface area contributed by atoms with Gasteiger partial charge in [0.1, 0.15) is 11.4 Å². The molecule has 1 unspecified atom stereocenters. The topological polar surface area (TPSA) is 41.6 Å². The van der Waals surface area contributed by atoms with E-state index in [-0.39, 0.29) is 17.4 Å². The van der Waals surface area contributed by atoms with E-state index in [1.807, 2.05) is 17.4 Å². The largest absolute Gasteiger partial charge is 0.487 e. The van der Waals surface area contributed by atoms with E-state index in [9.17, 15) is 4.79 Å². The van der Waals surface area contributed by atoms with E-state index < -0.39 is 0 Å². The number of fused-ring (bicyclic) bond motifs is 1. The Kier molecular flexibility index (Phi) is 4.89. The van der Waals surface area contributed by atoms with E-state index in [1.54, 1.807) is 0 Å². The standard InChI is InChI=1S/C23H28N2O2S/c26-22(24-18-7-8-18)14-17-15-23(27-21-6-2-1-5-20(17)21)9-11-25(12-10-23)16-19-4-3-13-28-19/h1-6,13,17-18H,7-12,14-16H2,(H,24,26). The highest BCUT2D eigenvalue weighted by atomic mass is 32.1. The monoisotopic (exact) mass is 396 g/mol. The van der Waals surface area contributed by atoms with Crippen molar-refractivity contribution in [2.45, 2.75) is 62.6 Å². The lowest BCUT2D eigenvalue weighted by molar-refractivity contribution is -0.122. The number of carbonyl (C=O) groups is 1. The number of thiophene rings is 1. The minimum Gasteiger partial charge on any atom is -0.487 e. The van der Waals surface area contributed by atoms with Crippen LogP contribution in [0.25, 0.3) is 0 Å². The van der Waals surface area contributed by atoms with Gasteiger partial charge in [-0.1, -0.05) is 24.3 Å². The van der Waals surface area contributed by atoms with Crippen molar-refractivity contribution in [1.29, 1.82) is 0 Å². The van der Waals surface area contributed by atoms with Crippen LogP contribution in [0.3, 0.4) is 0 Å². The molecule has 3 aliphatic rings. The first-order chi connectivity index (χ1) is 13.7. The number of likely N-dealkylation sites (tertiary alicyclic amines) is 1. The molecule has 4 nitrogen and oxygen atoms in total. The molecule has 2 aliphatic heterocycles. The highest BCUT2D eigenvalue weighted by molar-refractivity contribution is 7.09. The van der Waals surface area contributed by atoms with E-state index in [0.29, 0.717) is 12.5 Å². The maximum atomic E-state index is 12.5. The predicted molar refractivity (Wildman–Crippen MR) is 112 cm³/mol. The Morgan fingerprint density at radius 1 is 1.18 bits per heavy atom. The number of benzene rings is 1. The van der Waals surface area contributed by atoms with Gasteiger partial charge in [-0.2, -0.15) is 0 Å². The molecule has 1 aromatic carbocycles. The molecule has 3 heterocycles. The number of para-hydroxylation sites is 1. The zero-order valence-electron chi connectivity index (χ0n) is 16.2. The number of amides is 1. The normalized spacial score (nSPS) is 23.8. The molecule has 1 saturated heterocycles.